The van der Waals surface area contributed by atoms with Gasteiger partial charge >= 0.3 is 11.3 Å². The van der Waals surface area contributed by atoms with Crippen molar-refractivity contribution in [3.8, 4) is 0 Å². The lowest BCUT2D eigenvalue weighted by Gasteiger charge is -2.29. The third-order valence-electron chi connectivity index (χ3n) is 6.15. The molecule has 0 radical (unpaired) electrons. The molecule has 0 aliphatic carbocycles. The molecule has 0 unspecified atom stereocenters. The van der Waals surface area contributed by atoms with E-state index in [9.17, 15) is 19.2 Å². The van der Waals surface area contributed by atoms with Crippen molar-refractivity contribution in [2.75, 3.05) is 72.3 Å². The summed E-state index contributed by atoms with van der Waals surface area (Å²) in [4.78, 5) is 47.6. The molecule has 1 fully saturated rings. The summed E-state index contributed by atoms with van der Waals surface area (Å²) in [5.41, 5.74) is 7.02. The molecule has 1 aliphatic rings. The summed E-state index contributed by atoms with van der Waals surface area (Å²) in [5.74, 6) is 0.712. The van der Waals surface area contributed by atoms with E-state index < -0.39 is 11.3 Å². The van der Waals surface area contributed by atoms with Crippen LogP contribution in [0.15, 0.2) is 67.0 Å². The largest absolute Gasteiger partial charge is 0.419 e. The Labute approximate surface area is 271 Å². The lowest BCUT2D eigenvalue weighted by molar-refractivity contribution is -0.115. The molecular weight excluding hydrogens is 623 g/mol. The van der Waals surface area contributed by atoms with E-state index in [-0.39, 0.29) is 30.6 Å². The number of alkyl halides is 2. The van der Waals surface area contributed by atoms with Crippen molar-refractivity contribution in [1.82, 2.24) is 10.6 Å². The number of nitrogens with two attached hydrogens (primary N) is 1. The molecular formula is C31H40Cl2N6O6. The van der Waals surface area contributed by atoms with Crippen LogP contribution in [0.4, 0.5) is 22.7 Å². The van der Waals surface area contributed by atoms with E-state index in [1.807, 2.05) is 18.2 Å². The highest BCUT2D eigenvalue weighted by molar-refractivity contribution is 6.18. The number of benzene rings is 2. The Morgan fingerprint density at radius 1 is 0.844 bits per heavy atom. The number of amides is 2. The Morgan fingerprint density at radius 3 is 1.84 bits per heavy atom. The molecule has 45 heavy (non-hydrogen) atoms. The molecule has 2 aromatic heterocycles. The SMILES string of the molecule is C.CC(=O)Nc1cc2cccc(N)c2oc1=O.CC(=O)Nc1cc2cccc(N3CCNCC3)c2oc1=O.ClCCNCCCl. The molecule has 12 nitrogen and oxygen atoms in total. The highest BCUT2D eigenvalue weighted by Gasteiger charge is 2.16. The van der Waals surface area contributed by atoms with Crippen molar-refractivity contribution in [2.45, 2.75) is 21.3 Å². The second-order valence-corrected chi connectivity index (χ2v) is 10.3. The van der Waals surface area contributed by atoms with Crippen LogP contribution in [0.2, 0.25) is 0 Å². The highest BCUT2D eigenvalue weighted by atomic mass is 35.5. The van der Waals surface area contributed by atoms with E-state index in [2.05, 4.69) is 26.2 Å². The van der Waals surface area contributed by atoms with Crippen molar-refractivity contribution in [1.29, 1.82) is 0 Å². The number of hydrogen-bond acceptors (Lipinski definition) is 10. The van der Waals surface area contributed by atoms with Gasteiger partial charge in [0.1, 0.15) is 11.4 Å². The number of carbonyl (C=O) groups is 2. The van der Waals surface area contributed by atoms with Crippen LogP contribution in [-0.2, 0) is 9.59 Å². The van der Waals surface area contributed by atoms with Crippen molar-refractivity contribution >= 4 is 79.7 Å². The van der Waals surface area contributed by atoms with Crippen LogP contribution in [0.1, 0.15) is 21.3 Å². The second kappa shape index (κ2) is 18.6. The zero-order chi connectivity index (χ0) is 32.1. The molecule has 0 atom stereocenters. The predicted molar refractivity (Wildman–Crippen MR) is 184 cm³/mol. The van der Waals surface area contributed by atoms with Crippen LogP contribution in [0.3, 0.4) is 0 Å². The van der Waals surface area contributed by atoms with Gasteiger partial charge in [0.2, 0.25) is 11.8 Å². The van der Waals surface area contributed by atoms with E-state index in [0.29, 0.717) is 34.0 Å². The summed E-state index contributed by atoms with van der Waals surface area (Å²) < 4.78 is 10.5. The summed E-state index contributed by atoms with van der Waals surface area (Å²) in [6.45, 7) is 7.95. The molecule has 1 saturated heterocycles. The van der Waals surface area contributed by atoms with Gasteiger partial charge in [0.15, 0.2) is 11.2 Å². The maximum atomic E-state index is 12.0. The number of nitrogen functional groups attached to an aromatic ring is 1. The number of fused-ring (bicyclic) bond motifs is 2. The maximum Gasteiger partial charge on any atom is 0.360 e. The number of para-hydroxylation sites is 2. The fourth-order valence-electron chi connectivity index (χ4n) is 4.26. The van der Waals surface area contributed by atoms with Crippen LogP contribution < -0.4 is 43.2 Å². The van der Waals surface area contributed by atoms with Crippen molar-refractivity contribution in [3.63, 3.8) is 0 Å². The summed E-state index contributed by atoms with van der Waals surface area (Å²) in [6.07, 6.45) is 0. The number of nitrogens with zero attached hydrogens (tertiary/aromatic N) is 1. The van der Waals surface area contributed by atoms with Gasteiger partial charge in [-0.2, -0.15) is 0 Å². The lowest BCUT2D eigenvalue weighted by atomic mass is 10.1. The van der Waals surface area contributed by atoms with Crippen LogP contribution >= 0.6 is 23.2 Å². The third-order valence-corrected chi connectivity index (χ3v) is 6.53. The molecule has 4 aromatic rings. The minimum absolute atomic E-state index is 0. The van der Waals surface area contributed by atoms with E-state index >= 15 is 0 Å². The highest BCUT2D eigenvalue weighted by Crippen LogP contribution is 2.27. The van der Waals surface area contributed by atoms with Crippen molar-refractivity contribution in [2.24, 2.45) is 0 Å². The van der Waals surface area contributed by atoms with Gasteiger partial charge in [-0.3, -0.25) is 9.59 Å². The average Bonchev–Trinajstić information content (AvgIpc) is 2.99. The minimum atomic E-state index is -0.611. The molecule has 244 valence electrons. The number of hydrogen-bond donors (Lipinski definition) is 5. The molecule has 14 heteroatoms. The number of halogens is 2. The summed E-state index contributed by atoms with van der Waals surface area (Å²) in [6, 6.07) is 14.1. The zero-order valence-electron chi connectivity index (χ0n) is 24.5. The fraction of sp³-hybridized carbons (Fsp3) is 0.355. The summed E-state index contributed by atoms with van der Waals surface area (Å²) in [5, 5.41) is 12.7. The van der Waals surface area contributed by atoms with E-state index in [0.717, 1.165) is 50.3 Å². The quantitative estimate of drug-likeness (QED) is 0.0836. The molecule has 0 bridgehead atoms. The lowest BCUT2D eigenvalue weighted by Crippen LogP contribution is -2.43. The first-order valence-corrected chi connectivity index (χ1v) is 14.9. The van der Waals surface area contributed by atoms with Crippen molar-refractivity contribution in [3.05, 3.63) is 69.4 Å². The van der Waals surface area contributed by atoms with Crippen LogP contribution in [-0.4, -0.2) is 62.8 Å². The third kappa shape index (κ3) is 11.1. The predicted octanol–water partition coefficient (Wildman–Crippen LogP) is 4.18. The molecule has 0 spiro atoms. The van der Waals surface area contributed by atoms with E-state index in [1.165, 1.54) is 13.8 Å². The van der Waals surface area contributed by atoms with Gasteiger partial charge < -0.3 is 40.7 Å². The van der Waals surface area contributed by atoms with E-state index in [4.69, 9.17) is 37.8 Å². The van der Waals surface area contributed by atoms with Gasteiger partial charge in [-0.25, -0.2) is 9.59 Å². The van der Waals surface area contributed by atoms with Gasteiger partial charge in [0.25, 0.3) is 0 Å². The van der Waals surface area contributed by atoms with Gasteiger partial charge in [-0.05, 0) is 24.3 Å². The Hall–Kier alpha value is -4.10. The van der Waals surface area contributed by atoms with E-state index in [1.54, 1.807) is 30.3 Å². The Bertz CT molecular complexity index is 1680. The zero-order valence-corrected chi connectivity index (χ0v) is 26.0. The molecule has 2 amide bonds. The fourth-order valence-corrected chi connectivity index (χ4v) is 4.53. The van der Waals surface area contributed by atoms with Crippen LogP contribution in [0.5, 0.6) is 0 Å². The number of carbonyl (C=O) groups excluding carboxylic acids is 2. The summed E-state index contributed by atoms with van der Waals surface area (Å²) in [7, 11) is 0. The first-order chi connectivity index (χ1) is 21.1. The van der Waals surface area contributed by atoms with Gasteiger partial charge in [0.05, 0.1) is 11.4 Å². The Morgan fingerprint density at radius 2 is 1.33 bits per heavy atom. The first-order valence-electron chi connectivity index (χ1n) is 13.9. The maximum absolute atomic E-state index is 12.0. The number of nitrogens with one attached hydrogen (secondary N) is 4. The monoisotopic (exact) mass is 662 g/mol. The van der Waals surface area contributed by atoms with Gasteiger partial charge in [-0.15, -0.1) is 23.2 Å². The van der Waals surface area contributed by atoms with Gasteiger partial charge in [0, 0.05) is 75.6 Å². The smallest absolute Gasteiger partial charge is 0.360 e. The number of anilines is 4. The molecule has 2 aromatic carbocycles. The Balaban J connectivity index is 0.000000261. The number of piperazine rings is 1. The minimum Gasteiger partial charge on any atom is -0.419 e. The van der Waals surface area contributed by atoms with Crippen LogP contribution in [0, 0.1) is 0 Å². The molecule has 0 saturated carbocycles. The van der Waals surface area contributed by atoms with Crippen LogP contribution in [0.25, 0.3) is 21.9 Å². The molecule has 5 rings (SSSR count). The van der Waals surface area contributed by atoms with Gasteiger partial charge in [-0.1, -0.05) is 31.7 Å². The summed E-state index contributed by atoms with van der Waals surface area (Å²) >= 11 is 10.7. The number of rotatable bonds is 7. The second-order valence-electron chi connectivity index (χ2n) is 9.58. The molecule has 3 heterocycles. The topological polar surface area (TPSA) is 172 Å². The first kappa shape index (κ1) is 37.1. The normalized spacial score (nSPS) is 12.2. The molecule has 6 N–H and O–H groups in total. The molecule has 1 aliphatic heterocycles. The standard InChI is InChI=1S/C15H17N3O3.C11H10N2O3.C4H9Cl2N.CH4/c1-10(19)17-12-9-11-3-2-4-13(14(11)21-15(12)20)18-7-5-16-6-8-18;1-6(14)13-9-5-7-3-2-4-8(12)10(7)16-11(9)15;5-1-3-7-4-2-6;/h2-4,9,16H,5-8H2,1H3,(H,17,19);2-5H,12H2,1H3,(H,13,14);7H,1-4H2;1H4. The Kier molecular flexibility index (Phi) is 15.4. The van der Waals surface area contributed by atoms with Crippen molar-refractivity contribution < 1.29 is 18.4 Å². The average molecular weight is 664 g/mol.